The number of unbranched alkanes of at least 4 members (excludes halogenated alkanes) is 1. The second-order valence-electron chi connectivity index (χ2n) is 13.4. The van der Waals surface area contributed by atoms with Crippen LogP contribution in [0.2, 0.25) is 0 Å². The number of benzene rings is 2. The minimum Gasteiger partial charge on any atom is -0.490 e. The van der Waals surface area contributed by atoms with Gasteiger partial charge in [-0.3, -0.25) is 0 Å². The highest BCUT2D eigenvalue weighted by Gasteiger charge is 2.41. The third-order valence-corrected chi connectivity index (χ3v) is 9.56. The molecule has 0 bridgehead atoms. The summed E-state index contributed by atoms with van der Waals surface area (Å²) in [4.78, 5) is 0. The molecule has 4 rings (SSSR count). The molecule has 0 radical (unpaired) electrons. The van der Waals surface area contributed by atoms with Gasteiger partial charge in [0.2, 0.25) is 17.5 Å². The van der Waals surface area contributed by atoms with Crippen LogP contribution >= 0.6 is 0 Å². The van der Waals surface area contributed by atoms with Gasteiger partial charge in [-0.25, -0.2) is 22.0 Å². The molecule has 48 heavy (non-hydrogen) atoms. The Balaban J connectivity index is 1.24. The summed E-state index contributed by atoms with van der Waals surface area (Å²) < 4.78 is 132. The fourth-order valence-electron chi connectivity index (χ4n) is 6.42. The number of allylic oxidation sites excluding steroid dienone is 2. The zero-order valence-corrected chi connectivity index (χ0v) is 27.6. The number of hydrogen-bond donors (Lipinski definition) is 0. The Morgan fingerprint density at radius 2 is 1.17 bits per heavy atom. The van der Waals surface area contributed by atoms with Crippen molar-refractivity contribution in [3.05, 3.63) is 65.2 Å². The van der Waals surface area contributed by atoms with Crippen molar-refractivity contribution >= 4 is 0 Å². The van der Waals surface area contributed by atoms with Gasteiger partial charge < -0.3 is 14.2 Å². The first kappa shape index (κ1) is 37.8. The molecular formula is C37H46F8O3. The molecule has 2 aliphatic rings. The maximum absolute atomic E-state index is 15.0. The van der Waals surface area contributed by atoms with Crippen molar-refractivity contribution in [2.45, 2.75) is 103 Å². The smallest absolute Gasteiger partial charge is 0.285 e. The van der Waals surface area contributed by atoms with Gasteiger partial charge in [0.25, 0.3) is 11.8 Å². The average Bonchev–Trinajstić information content (AvgIpc) is 3.06. The number of rotatable bonds is 16. The predicted molar refractivity (Wildman–Crippen MR) is 168 cm³/mol. The Morgan fingerprint density at radius 1 is 0.667 bits per heavy atom. The molecule has 2 fully saturated rings. The highest BCUT2D eigenvalue weighted by Crippen LogP contribution is 2.42. The van der Waals surface area contributed by atoms with Crippen molar-refractivity contribution in [3.8, 4) is 17.2 Å². The van der Waals surface area contributed by atoms with Crippen LogP contribution in [0.5, 0.6) is 17.2 Å². The van der Waals surface area contributed by atoms with Crippen molar-refractivity contribution in [2.24, 2.45) is 23.7 Å². The van der Waals surface area contributed by atoms with E-state index in [1.54, 1.807) is 0 Å². The average molecular weight is 691 g/mol. The highest BCUT2D eigenvalue weighted by atomic mass is 19.3. The van der Waals surface area contributed by atoms with Crippen LogP contribution < -0.4 is 14.2 Å². The molecule has 0 unspecified atom stereocenters. The summed E-state index contributed by atoms with van der Waals surface area (Å²) in [5.41, 5.74) is -0.728. The van der Waals surface area contributed by atoms with Crippen molar-refractivity contribution in [1.82, 2.24) is 0 Å². The molecule has 2 aromatic carbocycles. The molecular weight excluding hydrogens is 644 g/mol. The van der Waals surface area contributed by atoms with E-state index in [1.165, 1.54) is 25.7 Å². The second-order valence-corrected chi connectivity index (χ2v) is 13.4. The lowest BCUT2D eigenvalue weighted by molar-refractivity contribution is -0.0866. The lowest BCUT2D eigenvalue weighted by Gasteiger charge is -2.33. The maximum atomic E-state index is 15.0. The van der Waals surface area contributed by atoms with E-state index in [2.05, 4.69) is 19.1 Å². The zero-order valence-electron chi connectivity index (χ0n) is 27.6. The normalized spacial score (nSPS) is 22.2. The SMILES string of the molecule is CCCCOc1ccc(OCC(F)(F)Cc2ccc(OCCC(F)(F)C3CCC(/C=C/C4CCC(C)CC4)CC3)c(F)c2F)c(F)c1F. The van der Waals surface area contributed by atoms with Crippen LogP contribution in [-0.2, 0) is 6.42 Å². The summed E-state index contributed by atoms with van der Waals surface area (Å²) in [7, 11) is 0. The first-order valence-corrected chi connectivity index (χ1v) is 17.1. The molecule has 0 heterocycles. The number of alkyl halides is 4. The Bertz CT molecular complexity index is 1350. The topological polar surface area (TPSA) is 27.7 Å². The minimum atomic E-state index is -3.81. The van der Waals surface area contributed by atoms with Gasteiger partial charge in [0.15, 0.2) is 29.7 Å². The zero-order chi connectivity index (χ0) is 34.9. The standard InChI is InChI=1S/C37H46F8O3/c1-3-4-20-46-30-17-18-31(35(41)34(30)40)48-23-36(42,43)22-27-13-16-29(33(39)32(27)38)47-21-19-37(44,45)28-14-11-26(12-15-28)10-9-25-7-5-24(2)6-8-25/h9-10,13,16-18,24-26,28H,3-8,11-12,14-15,19-23H2,1-2H3/b10-9+. The largest absolute Gasteiger partial charge is 0.490 e. The van der Waals surface area contributed by atoms with E-state index in [-0.39, 0.29) is 12.5 Å². The Hall–Kier alpha value is -2.98. The molecule has 0 spiro atoms. The van der Waals surface area contributed by atoms with Crippen molar-refractivity contribution in [1.29, 1.82) is 0 Å². The summed E-state index contributed by atoms with van der Waals surface area (Å²) in [6, 6.07) is 3.75. The molecule has 0 aliphatic heterocycles. The molecule has 268 valence electrons. The highest BCUT2D eigenvalue weighted by molar-refractivity contribution is 5.35. The van der Waals surface area contributed by atoms with Crippen molar-refractivity contribution in [3.63, 3.8) is 0 Å². The van der Waals surface area contributed by atoms with E-state index in [0.717, 1.165) is 36.6 Å². The van der Waals surface area contributed by atoms with Crippen LogP contribution in [0.15, 0.2) is 36.4 Å². The maximum Gasteiger partial charge on any atom is 0.285 e. The van der Waals surface area contributed by atoms with E-state index < -0.39 is 89.9 Å². The summed E-state index contributed by atoms with van der Waals surface area (Å²) in [5.74, 6) is -14.1. The van der Waals surface area contributed by atoms with Gasteiger partial charge in [-0.15, -0.1) is 0 Å². The van der Waals surface area contributed by atoms with Crippen LogP contribution in [0, 0.1) is 46.9 Å². The molecule has 0 saturated heterocycles. The second kappa shape index (κ2) is 17.1. The van der Waals surface area contributed by atoms with E-state index in [9.17, 15) is 35.1 Å². The van der Waals surface area contributed by atoms with Crippen molar-refractivity contribution < 1.29 is 49.3 Å². The monoisotopic (exact) mass is 690 g/mol. The summed E-state index contributed by atoms with van der Waals surface area (Å²) in [5, 5.41) is 0. The quantitative estimate of drug-likeness (QED) is 0.0997. The predicted octanol–water partition coefficient (Wildman–Crippen LogP) is 11.3. The molecule has 0 amide bonds. The van der Waals surface area contributed by atoms with Crippen LogP contribution in [0.4, 0.5) is 35.1 Å². The van der Waals surface area contributed by atoms with Crippen LogP contribution in [0.25, 0.3) is 0 Å². The molecule has 0 N–H and O–H groups in total. The van der Waals surface area contributed by atoms with E-state index in [4.69, 9.17) is 14.2 Å². The van der Waals surface area contributed by atoms with Gasteiger partial charge >= 0.3 is 0 Å². The molecule has 0 atom stereocenters. The number of hydrogen-bond acceptors (Lipinski definition) is 3. The molecule has 2 saturated carbocycles. The Labute approximate surface area is 278 Å². The summed E-state index contributed by atoms with van der Waals surface area (Å²) >= 11 is 0. The van der Waals surface area contributed by atoms with Gasteiger partial charge in [0.05, 0.1) is 13.2 Å². The molecule has 2 aromatic rings. The first-order valence-electron chi connectivity index (χ1n) is 17.1. The van der Waals surface area contributed by atoms with Crippen LogP contribution in [-0.4, -0.2) is 31.7 Å². The van der Waals surface area contributed by atoms with Crippen LogP contribution in [0.1, 0.15) is 90.0 Å². The molecule has 0 aromatic heterocycles. The molecule has 11 heteroatoms. The molecule has 2 aliphatic carbocycles. The van der Waals surface area contributed by atoms with E-state index in [1.807, 2.05) is 6.92 Å². The van der Waals surface area contributed by atoms with Gasteiger partial charge in [-0.05, 0) is 86.5 Å². The molecule has 3 nitrogen and oxygen atoms in total. The number of halogens is 8. The van der Waals surface area contributed by atoms with E-state index in [0.29, 0.717) is 38.0 Å². The fraction of sp³-hybridized carbons (Fsp3) is 0.622. The van der Waals surface area contributed by atoms with Gasteiger partial charge in [0, 0.05) is 18.8 Å². The van der Waals surface area contributed by atoms with Gasteiger partial charge in [-0.1, -0.05) is 51.3 Å². The third kappa shape index (κ3) is 10.5. The lowest BCUT2D eigenvalue weighted by Crippen LogP contribution is -2.33. The van der Waals surface area contributed by atoms with Gasteiger partial charge in [0.1, 0.15) is 0 Å². The number of ether oxygens (including phenoxy) is 3. The summed E-state index contributed by atoms with van der Waals surface area (Å²) in [6.45, 7) is 2.25. The minimum absolute atomic E-state index is 0.141. The van der Waals surface area contributed by atoms with Gasteiger partial charge in [-0.2, -0.15) is 13.2 Å². The fourth-order valence-corrected chi connectivity index (χ4v) is 6.42. The van der Waals surface area contributed by atoms with Crippen LogP contribution in [0.3, 0.4) is 0 Å². The Kier molecular flexibility index (Phi) is 13.5. The van der Waals surface area contributed by atoms with Crippen molar-refractivity contribution in [2.75, 3.05) is 19.8 Å². The lowest BCUT2D eigenvalue weighted by atomic mass is 9.77. The third-order valence-electron chi connectivity index (χ3n) is 9.56. The first-order chi connectivity index (χ1) is 22.8. The Morgan fingerprint density at radius 3 is 1.75 bits per heavy atom. The summed E-state index contributed by atoms with van der Waals surface area (Å²) in [6.07, 6.45) is 10.7. The van der Waals surface area contributed by atoms with E-state index >= 15 is 0 Å².